The highest BCUT2D eigenvalue weighted by Crippen LogP contribution is 2.54. The zero-order valence-corrected chi connectivity index (χ0v) is 16.8. The molecule has 30 heavy (non-hydrogen) atoms. The lowest BCUT2D eigenvalue weighted by Gasteiger charge is -2.46. The molecule has 0 aromatic rings. The highest BCUT2D eigenvalue weighted by atomic mass is 16.4. The number of rotatable bonds is 3. The maximum atomic E-state index is 12.3. The first-order valence-electron chi connectivity index (χ1n) is 9.42. The van der Waals surface area contributed by atoms with Crippen LogP contribution in [0.1, 0.15) is 40.0 Å². The summed E-state index contributed by atoms with van der Waals surface area (Å²) in [6, 6.07) is 0. The zero-order chi connectivity index (χ0) is 22.7. The summed E-state index contributed by atoms with van der Waals surface area (Å²) >= 11 is 0. The van der Waals surface area contributed by atoms with Crippen molar-refractivity contribution in [3.63, 3.8) is 0 Å². The molecule has 0 radical (unpaired) electrons. The molecule has 9 nitrogen and oxygen atoms in total. The topological polar surface area (TPSA) is 175 Å². The first-order chi connectivity index (χ1) is 13.8. The number of Topliss-reactive ketones (excluding diaryl/α,β-unsaturated/α-hetero) is 3. The van der Waals surface area contributed by atoms with Crippen molar-refractivity contribution in [1.29, 1.82) is 0 Å². The van der Waals surface area contributed by atoms with E-state index in [1.54, 1.807) is 0 Å². The van der Waals surface area contributed by atoms with Crippen LogP contribution in [0.5, 0.6) is 0 Å². The van der Waals surface area contributed by atoms with Crippen LogP contribution >= 0.6 is 0 Å². The summed E-state index contributed by atoms with van der Waals surface area (Å²) in [7, 11) is 0. The van der Waals surface area contributed by atoms with Gasteiger partial charge in [-0.25, -0.2) is 0 Å². The highest BCUT2D eigenvalue weighted by molar-refractivity contribution is 6.20. The molecule has 0 heterocycles. The molecule has 3 atom stereocenters. The number of nitrogens with two attached hydrogens (primary N) is 1. The summed E-state index contributed by atoms with van der Waals surface area (Å²) in [5.74, 6) is -7.00. The third kappa shape index (κ3) is 2.80. The smallest absolute Gasteiger partial charge is 0.255 e. The minimum Gasteiger partial charge on any atom is -0.508 e. The van der Waals surface area contributed by atoms with Crippen molar-refractivity contribution in [3.05, 3.63) is 45.1 Å². The molecule has 0 bridgehead atoms. The van der Waals surface area contributed by atoms with Gasteiger partial charge < -0.3 is 26.2 Å². The van der Waals surface area contributed by atoms with Gasteiger partial charge in [-0.15, -0.1) is 0 Å². The second-order valence-electron chi connectivity index (χ2n) is 8.02. The summed E-state index contributed by atoms with van der Waals surface area (Å²) in [6.45, 7) is 4.05. The van der Waals surface area contributed by atoms with Gasteiger partial charge >= 0.3 is 0 Å². The summed E-state index contributed by atoms with van der Waals surface area (Å²) in [5.41, 5.74) is 2.13. The van der Waals surface area contributed by atoms with Crippen LogP contribution in [0.15, 0.2) is 45.1 Å². The van der Waals surface area contributed by atoms with Gasteiger partial charge in [0.2, 0.25) is 0 Å². The predicted octanol–water partition coefficient (Wildman–Crippen LogP) is 1.15. The van der Waals surface area contributed by atoms with E-state index < -0.39 is 57.8 Å². The molecule has 1 amide bonds. The van der Waals surface area contributed by atoms with Crippen molar-refractivity contribution in [2.24, 2.45) is 17.6 Å². The van der Waals surface area contributed by atoms with Gasteiger partial charge in [-0.2, -0.15) is 0 Å². The summed E-state index contributed by atoms with van der Waals surface area (Å²) in [5, 5.41) is 43.4. The highest BCUT2D eigenvalue weighted by Gasteiger charge is 2.58. The van der Waals surface area contributed by atoms with Gasteiger partial charge in [-0.05, 0) is 50.7 Å². The van der Waals surface area contributed by atoms with Crippen LogP contribution in [-0.4, -0.2) is 49.3 Å². The minimum absolute atomic E-state index is 0.0433. The van der Waals surface area contributed by atoms with E-state index in [-0.39, 0.29) is 41.8 Å². The Balaban J connectivity index is 2.35. The molecule has 3 rings (SSSR count). The Morgan fingerprint density at radius 1 is 1.00 bits per heavy atom. The van der Waals surface area contributed by atoms with Gasteiger partial charge in [0.05, 0.1) is 5.57 Å². The van der Waals surface area contributed by atoms with Crippen LogP contribution in [0.2, 0.25) is 0 Å². The lowest BCUT2D eigenvalue weighted by atomic mass is 9.61. The number of hydrogen-bond donors (Lipinski definition) is 5. The Labute approximate surface area is 171 Å². The fraction of sp³-hybridized carbons (Fsp3) is 0.429. The lowest BCUT2D eigenvalue weighted by molar-refractivity contribution is -0.128. The number of aliphatic hydroxyl groups excluding tert-OH is 3. The summed E-state index contributed by atoms with van der Waals surface area (Å²) in [4.78, 5) is 48.0. The quantitative estimate of drug-likeness (QED) is 0.335. The number of hydrogen-bond acceptors (Lipinski definition) is 8. The molecule has 0 aromatic heterocycles. The molecule has 0 spiro atoms. The summed E-state index contributed by atoms with van der Waals surface area (Å²) < 4.78 is 0. The van der Waals surface area contributed by atoms with Gasteiger partial charge in [-0.1, -0.05) is 0 Å². The molecule has 0 saturated carbocycles. The van der Waals surface area contributed by atoms with Crippen LogP contribution in [-0.2, 0) is 19.2 Å². The van der Waals surface area contributed by atoms with Gasteiger partial charge in [0, 0.05) is 17.9 Å². The molecule has 0 aliphatic heterocycles. The molecule has 3 aliphatic rings. The Hall–Kier alpha value is -3.20. The van der Waals surface area contributed by atoms with Gasteiger partial charge in [-0.3, -0.25) is 19.2 Å². The molecule has 0 saturated heterocycles. The van der Waals surface area contributed by atoms with Crippen LogP contribution in [0.3, 0.4) is 0 Å². The number of ketones is 3. The van der Waals surface area contributed by atoms with E-state index >= 15 is 0 Å². The second-order valence-corrected chi connectivity index (χ2v) is 8.02. The third-order valence-corrected chi connectivity index (χ3v) is 6.32. The van der Waals surface area contributed by atoms with Gasteiger partial charge in [0.1, 0.15) is 22.9 Å². The number of primary amides is 1. The molecule has 9 heteroatoms. The standard InChI is InChI=1S/C21H23NO8/c1-7(8(2)23)12-5-10-4-11-6-13(25)16(20(22)29)19(28)21(11,30)18(27)15(10)17(26)14(12)9(3)24/h10-11,26-28,30H,4-6H2,1-3H3,(H2,22,29)/b12-7+/t10-,11+,21+/m1/s1. The van der Waals surface area contributed by atoms with Crippen molar-refractivity contribution < 1.29 is 39.6 Å². The average molecular weight is 417 g/mol. The maximum Gasteiger partial charge on any atom is 0.255 e. The van der Waals surface area contributed by atoms with E-state index in [2.05, 4.69) is 0 Å². The summed E-state index contributed by atoms with van der Waals surface area (Å²) in [6.07, 6.45) is -0.208. The molecular weight excluding hydrogens is 394 g/mol. The Morgan fingerprint density at radius 2 is 1.60 bits per heavy atom. The van der Waals surface area contributed by atoms with Crippen LogP contribution in [0.4, 0.5) is 0 Å². The largest absolute Gasteiger partial charge is 0.508 e. The lowest BCUT2D eigenvalue weighted by Crippen LogP contribution is -2.53. The minimum atomic E-state index is -2.50. The molecule has 0 unspecified atom stereocenters. The number of fused-ring (bicyclic) bond motifs is 2. The predicted molar refractivity (Wildman–Crippen MR) is 103 cm³/mol. The Bertz CT molecular complexity index is 1040. The van der Waals surface area contributed by atoms with E-state index in [9.17, 15) is 39.6 Å². The second kappa shape index (κ2) is 6.94. The normalized spacial score (nSPS) is 30.7. The first kappa shape index (κ1) is 21.5. The first-order valence-corrected chi connectivity index (χ1v) is 9.42. The number of aliphatic hydroxyl groups is 4. The van der Waals surface area contributed by atoms with E-state index in [4.69, 9.17) is 5.73 Å². The van der Waals surface area contributed by atoms with Gasteiger partial charge in [0.15, 0.2) is 23.0 Å². The van der Waals surface area contributed by atoms with E-state index in [0.717, 1.165) is 0 Å². The molecule has 160 valence electrons. The Kier molecular flexibility index (Phi) is 4.98. The molecular formula is C21H23NO8. The monoisotopic (exact) mass is 417 g/mol. The average Bonchev–Trinajstić information content (AvgIpc) is 2.62. The molecule has 6 N–H and O–H groups in total. The fourth-order valence-electron chi connectivity index (χ4n) is 4.71. The molecule has 3 aliphatic carbocycles. The van der Waals surface area contributed by atoms with Crippen molar-refractivity contribution >= 4 is 23.3 Å². The van der Waals surface area contributed by atoms with E-state index in [0.29, 0.717) is 5.57 Å². The SMILES string of the molecule is CC(=O)C1=C(O)C2=C(O)[C@]3(O)C(O)=C(C(N)=O)C(=O)C[C@@H]3C[C@@H]2C/C1=C(/C)C(C)=O. The van der Waals surface area contributed by atoms with Crippen molar-refractivity contribution in [3.8, 4) is 0 Å². The number of amides is 1. The number of carbonyl (C=O) groups is 4. The van der Waals surface area contributed by atoms with Crippen molar-refractivity contribution in [1.82, 2.24) is 0 Å². The fourth-order valence-corrected chi connectivity index (χ4v) is 4.71. The zero-order valence-electron chi connectivity index (χ0n) is 16.8. The Morgan fingerprint density at radius 3 is 2.10 bits per heavy atom. The van der Waals surface area contributed by atoms with Crippen molar-refractivity contribution in [2.45, 2.75) is 45.6 Å². The van der Waals surface area contributed by atoms with E-state index in [1.807, 2.05) is 0 Å². The van der Waals surface area contributed by atoms with Gasteiger partial charge in [0.25, 0.3) is 5.91 Å². The molecule has 0 aromatic carbocycles. The van der Waals surface area contributed by atoms with Crippen LogP contribution in [0.25, 0.3) is 0 Å². The van der Waals surface area contributed by atoms with Crippen LogP contribution in [0, 0.1) is 11.8 Å². The molecule has 0 fully saturated rings. The maximum absolute atomic E-state index is 12.3. The third-order valence-electron chi connectivity index (χ3n) is 6.32. The van der Waals surface area contributed by atoms with E-state index in [1.165, 1.54) is 20.8 Å². The van der Waals surface area contributed by atoms with Crippen molar-refractivity contribution in [2.75, 3.05) is 0 Å². The number of allylic oxidation sites excluding steroid dienone is 4. The van der Waals surface area contributed by atoms with Crippen LogP contribution < -0.4 is 5.73 Å². The number of carbonyl (C=O) groups excluding carboxylic acids is 4.